The number of benzene rings is 2. The molecule has 0 spiro atoms. The van der Waals surface area contributed by atoms with Crippen molar-refractivity contribution in [2.24, 2.45) is 5.90 Å². The zero-order chi connectivity index (χ0) is 21.0. The number of hydrogen-bond donors (Lipinski definition) is 4. The first-order valence-electron chi connectivity index (χ1n) is 7.02. The summed E-state index contributed by atoms with van der Waals surface area (Å²) < 4.78 is 11.8. The van der Waals surface area contributed by atoms with Crippen molar-refractivity contribution in [1.82, 2.24) is 5.48 Å². The maximum absolute atomic E-state index is 10.5. The second kappa shape index (κ2) is 18.6. The number of carbonyl (C=O) groups is 1. The van der Waals surface area contributed by atoms with E-state index in [1.165, 1.54) is 7.11 Å². The molecule has 2 aromatic rings. The quantitative estimate of drug-likeness (QED) is 0.183. The average molecular weight is 696 g/mol. The minimum atomic E-state index is 0. The van der Waals surface area contributed by atoms with Crippen LogP contribution in [0.5, 0.6) is 11.5 Å². The standard InChI is InChI=1S/C8H9ClINO2.C8H6ClIO2.CH4.ClH.H3NO/c1-13-8-5(4-11-12)2-3-6(9)7(8)10;1-12-8-5(4-11)2-3-6(9)7(8)10;;;1-2/h2-3,11-12H,4H2,1H3;2-4H,1H3;1H4;1H;2H,1H2. The van der Waals surface area contributed by atoms with Gasteiger partial charge in [-0.05, 0) is 63.4 Å². The Balaban J connectivity index is -0.000000404. The van der Waals surface area contributed by atoms with Crippen LogP contribution in [0.2, 0.25) is 10.0 Å². The summed E-state index contributed by atoms with van der Waals surface area (Å²) in [4.78, 5) is 10.5. The lowest BCUT2D eigenvalue weighted by atomic mass is 10.2. The van der Waals surface area contributed by atoms with Crippen LogP contribution in [-0.2, 0) is 6.54 Å². The van der Waals surface area contributed by atoms with Gasteiger partial charge in [-0.2, -0.15) is 0 Å². The number of rotatable bonds is 5. The van der Waals surface area contributed by atoms with Crippen LogP contribution in [0.15, 0.2) is 24.3 Å². The SMILES string of the molecule is C.COc1c(C=O)ccc(Cl)c1I.COc1c(CNO)ccc(Cl)c1I.Cl.NO. The Hall–Kier alpha value is -0.120. The highest BCUT2D eigenvalue weighted by Crippen LogP contribution is 2.32. The molecule has 0 aliphatic heterocycles. The highest BCUT2D eigenvalue weighted by Gasteiger charge is 2.10. The lowest BCUT2D eigenvalue weighted by Gasteiger charge is -2.10. The third-order valence-corrected chi connectivity index (χ3v) is 6.43. The molecule has 0 bridgehead atoms. The van der Waals surface area contributed by atoms with Crippen molar-refractivity contribution in [3.63, 3.8) is 0 Å². The van der Waals surface area contributed by atoms with Gasteiger partial charge in [-0.1, -0.05) is 36.7 Å². The largest absolute Gasteiger partial charge is 0.495 e. The topological polar surface area (TPSA) is 114 Å². The van der Waals surface area contributed by atoms with Crippen molar-refractivity contribution in [2.45, 2.75) is 14.0 Å². The van der Waals surface area contributed by atoms with Crippen LogP contribution in [0.4, 0.5) is 0 Å². The molecular formula is C17H23Cl3I2N2O5. The van der Waals surface area contributed by atoms with E-state index in [1.807, 2.05) is 28.7 Å². The summed E-state index contributed by atoms with van der Waals surface area (Å²) in [5.41, 5.74) is 3.47. The van der Waals surface area contributed by atoms with Gasteiger partial charge in [-0.25, -0.2) is 11.4 Å². The lowest BCUT2D eigenvalue weighted by Crippen LogP contribution is -2.08. The van der Waals surface area contributed by atoms with E-state index < -0.39 is 0 Å². The highest BCUT2D eigenvalue weighted by molar-refractivity contribution is 14.1. The zero-order valence-corrected chi connectivity index (χ0v) is 21.4. The summed E-state index contributed by atoms with van der Waals surface area (Å²) in [5, 5.41) is 16.3. The molecular weight excluding hydrogens is 672 g/mol. The van der Waals surface area contributed by atoms with Crippen LogP contribution in [0.25, 0.3) is 0 Å². The van der Waals surface area contributed by atoms with Crippen molar-refractivity contribution in [3.05, 3.63) is 52.6 Å². The smallest absolute Gasteiger partial charge is 0.153 e. The number of methoxy groups -OCH3 is 2. The molecule has 12 heteroatoms. The van der Waals surface area contributed by atoms with Crippen molar-refractivity contribution >= 4 is 87.1 Å². The van der Waals surface area contributed by atoms with Crippen LogP contribution in [0.1, 0.15) is 23.3 Å². The van der Waals surface area contributed by atoms with E-state index in [2.05, 4.69) is 34.0 Å². The van der Waals surface area contributed by atoms with Gasteiger partial charge in [0.25, 0.3) is 0 Å². The number of hydrogen-bond acceptors (Lipinski definition) is 7. The molecule has 0 unspecified atom stereocenters. The molecule has 0 heterocycles. The van der Waals surface area contributed by atoms with Crippen molar-refractivity contribution in [2.75, 3.05) is 14.2 Å². The van der Waals surface area contributed by atoms with Crippen LogP contribution in [-0.4, -0.2) is 30.9 Å². The van der Waals surface area contributed by atoms with E-state index in [0.717, 1.165) is 19.0 Å². The molecule has 0 saturated carbocycles. The summed E-state index contributed by atoms with van der Waals surface area (Å²) in [5.74, 6) is 4.74. The molecule has 166 valence electrons. The number of nitrogens with one attached hydrogen (secondary N) is 1. The fourth-order valence-electron chi connectivity index (χ4n) is 1.86. The van der Waals surface area contributed by atoms with Gasteiger partial charge in [0.05, 0.1) is 37.0 Å². The van der Waals surface area contributed by atoms with Gasteiger partial charge in [0, 0.05) is 12.1 Å². The van der Waals surface area contributed by atoms with E-state index in [0.29, 0.717) is 33.7 Å². The summed E-state index contributed by atoms with van der Waals surface area (Å²) in [6.45, 7) is 0.344. The molecule has 0 aliphatic carbocycles. The second-order valence-corrected chi connectivity index (χ2v) is 7.46. The molecule has 0 amide bonds. The van der Waals surface area contributed by atoms with E-state index in [1.54, 1.807) is 25.3 Å². The second-order valence-electron chi connectivity index (χ2n) is 4.49. The first-order valence-corrected chi connectivity index (χ1v) is 9.93. The molecule has 2 rings (SSSR count). The summed E-state index contributed by atoms with van der Waals surface area (Å²) in [7, 11) is 3.09. The van der Waals surface area contributed by atoms with Crippen LogP contribution in [0.3, 0.4) is 0 Å². The Bertz CT molecular complexity index is 755. The van der Waals surface area contributed by atoms with Crippen molar-refractivity contribution in [3.8, 4) is 11.5 Å². The average Bonchev–Trinajstić information content (AvgIpc) is 2.69. The minimum absolute atomic E-state index is 0. The predicted octanol–water partition coefficient (Wildman–Crippen LogP) is 5.59. The fraction of sp³-hybridized carbons (Fsp3) is 0.235. The highest BCUT2D eigenvalue weighted by atomic mass is 127. The van der Waals surface area contributed by atoms with Gasteiger partial charge in [0.2, 0.25) is 0 Å². The molecule has 0 atom stereocenters. The Kier molecular flexibility index (Phi) is 21.5. The number of halogens is 5. The van der Waals surface area contributed by atoms with Crippen molar-refractivity contribution in [1.29, 1.82) is 0 Å². The number of hydroxylamine groups is 1. The molecule has 0 saturated heterocycles. The minimum Gasteiger partial charge on any atom is -0.495 e. The third-order valence-electron chi connectivity index (χ3n) is 3.02. The molecule has 0 radical (unpaired) electrons. The Morgan fingerprint density at radius 3 is 1.90 bits per heavy atom. The number of ether oxygens (including phenoxy) is 2. The number of carbonyl (C=O) groups excluding carboxylic acids is 1. The van der Waals surface area contributed by atoms with Crippen LogP contribution >= 0.6 is 80.8 Å². The molecule has 7 nitrogen and oxygen atoms in total. The van der Waals surface area contributed by atoms with Gasteiger partial charge < -0.3 is 19.9 Å². The van der Waals surface area contributed by atoms with Crippen molar-refractivity contribution < 1.29 is 24.7 Å². The van der Waals surface area contributed by atoms with E-state index in [-0.39, 0.29) is 19.8 Å². The Labute approximate surface area is 213 Å². The first kappa shape index (κ1) is 33.5. The Morgan fingerprint density at radius 1 is 1.03 bits per heavy atom. The number of aldehydes is 1. The molecule has 5 N–H and O–H groups in total. The Morgan fingerprint density at radius 2 is 1.48 bits per heavy atom. The first-order chi connectivity index (χ1) is 12.9. The summed E-state index contributed by atoms with van der Waals surface area (Å²) in [6, 6.07) is 6.90. The number of nitrogens with two attached hydrogens (primary N) is 1. The lowest BCUT2D eigenvalue weighted by molar-refractivity contribution is 0.112. The van der Waals surface area contributed by atoms with E-state index in [9.17, 15) is 4.79 Å². The van der Waals surface area contributed by atoms with Crippen LogP contribution in [0, 0.1) is 7.14 Å². The van der Waals surface area contributed by atoms with Crippen LogP contribution < -0.4 is 20.9 Å². The molecule has 2 aromatic carbocycles. The molecule has 29 heavy (non-hydrogen) atoms. The van der Waals surface area contributed by atoms with Gasteiger partial charge in [-0.15, -0.1) is 12.4 Å². The maximum atomic E-state index is 10.5. The van der Waals surface area contributed by atoms with E-state index in [4.69, 9.17) is 43.1 Å². The van der Waals surface area contributed by atoms with Gasteiger partial charge in [0.15, 0.2) is 6.29 Å². The summed E-state index contributed by atoms with van der Waals surface area (Å²) in [6.07, 6.45) is 0.747. The zero-order valence-electron chi connectivity index (χ0n) is 14.7. The van der Waals surface area contributed by atoms with E-state index >= 15 is 0 Å². The molecule has 0 fully saturated rings. The van der Waals surface area contributed by atoms with Gasteiger partial charge in [-0.3, -0.25) is 4.79 Å². The predicted molar refractivity (Wildman–Crippen MR) is 135 cm³/mol. The van der Waals surface area contributed by atoms with Gasteiger partial charge >= 0.3 is 0 Å². The maximum Gasteiger partial charge on any atom is 0.153 e. The monoisotopic (exact) mass is 694 g/mol. The molecule has 0 aromatic heterocycles. The third kappa shape index (κ3) is 10.2. The summed E-state index contributed by atoms with van der Waals surface area (Å²) >= 11 is 15.9. The molecule has 0 aliphatic rings. The van der Waals surface area contributed by atoms with Gasteiger partial charge in [0.1, 0.15) is 11.5 Å². The normalized spacial score (nSPS) is 8.72. The fourth-order valence-corrected chi connectivity index (χ4v) is 3.62.